The first kappa shape index (κ1) is 17.0. The smallest absolute Gasteiger partial charge is 0.250 e. The minimum absolute atomic E-state index is 0.346. The second-order valence-corrected chi connectivity index (χ2v) is 9.50. The van der Waals surface area contributed by atoms with E-state index in [4.69, 9.17) is 0 Å². The second-order valence-electron chi connectivity index (χ2n) is 5.36. The van der Waals surface area contributed by atoms with Crippen LogP contribution < -0.4 is 10.0 Å². The van der Waals surface area contributed by atoms with Gasteiger partial charge in [0.05, 0.1) is 15.6 Å². The monoisotopic (exact) mass is 372 g/mol. The Kier molecular flexibility index (Phi) is 5.45. The zero-order valence-corrected chi connectivity index (χ0v) is 15.4. The largest absolute Gasteiger partial charge is 0.314 e. The first-order chi connectivity index (χ1) is 11.0. The van der Waals surface area contributed by atoms with Gasteiger partial charge in [0.1, 0.15) is 4.21 Å². The SMILES string of the molecule is Cc1nc(-c2ccc(S(=O)(=O)NCCN3CCNCC3)s2)cs1. The summed E-state index contributed by atoms with van der Waals surface area (Å²) in [6, 6.07) is 3.48. The Labute approximate surface area is 144 Å². The number of thiazole rings is 1. The summed E-state index contributed by atoms with van der Waals surface area (Å²) in [6.45, 7) is 6.98. The molecule has 3 heterocycles. The predicted octanol–water partition coefficient (Wildman–Crippen LogP) is 1.36. The molecule has 0 spiro atoms. The van der Waals surface area contributed by atoms with Gasteiger partial charge in [0.2, 0.25) is 10.0 Å². The van der Waals surface area contributed by atoms with Gasteiger partial charge in [-0.15, -0.1) is 22.7 Å². The fourth-order valence-electron chi connectivity index (χ4n) is 2.42. The highest BCUT2D eigenvalue weighted by atomic mass is 32.2. The van der Waals surface area contributed by atoms with Gasteiger partial charge in [0, 0.05) is 44.6 Å². The van der Waals surface area contributed by atoms with Crippen LogP contribution >= 0.6 is 22.7 Å². The lowest BCUT2D eigenvalue weighted by molar-refractivity contribution is 0.245. The molecular formula is C14H20N4O2S3. The van der Waals surface area contributed by atoms with Crippen molar-refractivity contribution in [3.05, 3.63) is 22.5 Å². The molecule has 0 bridgehead atoms. The summed E-state index contributed by atoms with van der Waals surface area (Å²) in [5, 5.41) is 6.22. The van der Waals surface area contributed by atoms with E-state index in [1.54, 1.807) is 17.4 Å². The lowest BCUT2D eigenvalue weighted by Crippen LogP contribution is -2.46. The maximum Gasteiger partial charge on any atom is 0.250 e. The molecule has 0 aliphatic carbocycles. The van der Waals surface area contributed by atoms with E-state index in [2.05, 4.69) is 19.9 Å². The molecule has 0 unspecified atom stereocenters. The number of hydrogen-bond acceptors (Lipinski definition) is 7. The van der Waals surface area contributed by atoms with Gasteiger partial charge in [-0.25, -0.2) is 18.1 Å². The number of rotatable bonds is 6. The second kappa shape index (κ2) is 7.37. The fraction of sp³-hybridized carbons (Fsp3) is 0.500. The van der Waals surface area contributed by atoms with Crippen molar-refractivity contribution in [1.82, 2.24) is 19.9 Å². The molecule has 2 aromatic rings. The van der Waals surface area contributed by atoms with E-state index in [0.29, 0.717) is 10.8 Å². The number of hydrogen-bond donors (Lipinski definition) is 2. The Morgan fingerprint density at radius 1 is 1.35 bits per heavy atom. The molecule has 3 rings (SSSR count). The number of nitrogens with zero attached hydrogens (tertiary/aromatic N) is 2. The van der Waals surface area contributed by atoms with Crippen LogP contribution in [0.3, 0.4) is 0 Å². The normalized spacial score (nSPS) is 16.7. The number of sulfonamides is 1. The minimum atomic E-state index is -3.44. The van der Waals surface area contributed by atoms with Gasteiger partial charge >= 0.3 is 0 Å². The van der Waals surface area contributed by atoms with E-state index < -0.39 is 10.0 Å². The van der Waals surface area contributed by atoms with Crippen molar-refractivity contribution in [3.8, 4) is 10.6 Å². The van der Waals surface area contributed by atoms with Crippen molar-refractivity contribution in [2.24, 2.45) is 0 Å². The lowest BCUT2D eigenvalue weighted by atomic mass is 10.3. The molecule has 1 aliphatic rings. The average molecular weight is 373 g/mol. The standard InChI is InChI=1S/C14H20N4O2S3/c1-11-17-12(10-21-11)13-2-3-14(22-13)23(19,20)16-6-9-18-7-4-15-5-8-18/h2-3,10,15-16H,4-9H2,1H3. The van der Waals surface area contributed by atoms with Gasteiger partial charge < -0.3 is 5.32 Å². The van der Waals surface area contributed by atoms with Crippen molar-refractivity contribution >= 4 is 32.7 Å². The van der Waals surface area contributed by atoms with Crippen LogP contribution in [0.2, 0.25) is 0 Å². The quantitative estimate of drug-likeness (QED) is 0.801. The van der Waals surface area contributed by atoms with Crippen LogP contribution in [0.15, 0.2) is 21.7 Å². The number of nitrogens with one attached hydrogen (secondary N) is 2. The summed E-state index contributed by atoms with van der Waals surface area (Å²) in [4.78, 5) is 7.55. The molecule has 0 aromatic carbocycles. The molecule has 23 heavy (non-hydrogen) atoms. The van der Waals surface area contributed by atoms with Gasteiger partial charge in [-0.05, 0) is 19.1 Å². The number of aromatic nitrogens is 1. The zero-order valence-electron chi connectivity index (χ0n) is 12.9. The molecule has 2 N–H and O–H groups in total. The number of piperazine rings is 1. The molecule has 0 saturated carbocycles. The average Bonchev–Trinajstić information content (AvgIpc) is 3.17. The minimum Gasteiger partial charge on any atom is -0.314 e. The topological polar surface area (TPSA) is 74.3 Å². The summed E-state index contributed by atoms with van der Waals surface area (Å²) in [6.07, 6.45) is 0. The molecule has 1 aliphatic heterocycles. The predicted molar refractivity (Wildman–Crippen MR) is 94.7 cm³/mol. The van der Waals surface area contributed by atoms with E-state index in [0.717, 1.165) is 48.3 Å². The van der Waals surface area contributed by atoms with E-state index in [1.165, 1.54) is 11.3 Å². The summed E-state index contributed by atoms with van der Waals surface area (Å²) in [5.41, 5.74) is 0.847. The summed E-state index contributed by atoms with van der Waals surface area (Å²) < 4.78 is 27.8. The highest BCUT2D eigenvalue weighted by Crippen LogP contribution is 2.31. The third kappa shape index (κ3) is 4.37. The molecule has 0 atom stereocenters. The Bertz CT molecular complexity index is 748. The summed E-state index contributed by atoms with van der Waals surface area (Å²) in [5.74, 6) is 0. The van der Waals surface area contributed by atoms with Crippen LogP contribution in [0.25, 0.3) is 10.6 Å². The molecule has 6 nitrogen and oxygen atoms in total. The Hall–Kier alpha value is -0.840. The molecule has 1 fully saturated rings. The first-order valence-corrected chi connectivity index (χ1v) is 10.7. The summed E-state index contributed by atoms with van der Waals surface area (Å²) in [7, 11) is -3.44. The molecule has 9 heteroatoms. The maximum atomic E-state index is 12.4. The van der Waals surface area contributed by atoms with Crippen LogP contribution in [0.5, 0.6) is 0 Å². The zero-order chi connectivity index (χ0) is 16.3. The van der Waals surface area contributed by atoms with Gasteiger partial charge in [-0.1, -0.05) is 0 Å². The van der Waals surface area contributed by atoms with Crippen LogP contribution in [-0.4, -0.2) is 57.6 Å². The highest BCUT2D eigenvalue weighted by molar-refractivity contribution is 7.91. The van der Waals surface area contributed by atoms with Crippen molar-refractivity contribution in [2.75, 3.05) is 39.3 Å². The molecule has 2 aromatic heterocycles. The third-order valence-corrected chi connectivity index (χ3v) is 7.48. The third-order valence-electron chi connectivity index (χ3n) is 3.65. The van der Waals surface area contributed by atoms with Crippen LogP contribution in [0, 0.1) is 6.92 Å². The fourth-order valence-corrected chi connectivity index (χ4v) is 5.44. The van der Waals surface area contributed by atoms with E-state index >= 15 is 0 Å². The molecule has 1 saturated heterocycles. The van der Waals surface area contributed by atoms with Crippen molar-refractivity contribution in [1.29, 1.82) is 0 Å². The molecular weight excluding hydrogens is 352 g/mol. The first-order valence-electron chi connectivity index (χ1n) is 7.50. The number of thiophene rings is 1. The molecule has 126 valence electrons. The maximum absolute atomic E-state index is 12.4. The van der Waals surface area contributed by atoms with Crippen LogP contribution in [-0.2, 0) is 10.0 Å². The van der Waals surface area contributed by atoms with E-state index in [9.17, 15) is 8.42 Å². The summed E-state index contributed by atoms with van der Waals surface area (Å²) >= 11 is 2.83. The van der Waals surface area contributed by atoms with Gasteiger partial charge in [-0.3, -0.25) is 4.90 Å². The number of aryl methyl sites for hydroxylation is 1. The molecule has 0 radical (unpaired) electrons. The van der Waals surface area contributed by atoms with Crippen molar-refractivity contribution < 1.29 is 8.42 Å². The lowest BCUT2D eigenvalue weighted by Gasteiger charge is -2.26. The Balaban J connectivity index is 1.60. The van der Waals surface area contributed by atoms with Crippen LogP contribution in [0.4, 0.5) is 0 Å². The van der Waals surface area contributed by atoms with Crippen molar-refractivity contribution in [3.63, 3.8) is 0 Å². The Morgan fingerprint density at radius 2 is 2.13 bits per heavy atom. The molecule has 0 amide bonds. The van der Waals surface area contributed by atoms with Gasteiger partial charge in [0.25, 0.3) is 0 Å². The Morgan fingerprint density at radius 3 is 2.83 bits per heavy atom. The van der Waals surface area contributed by atoms with Gasteiger partial charge in [0.15, 0.2) is 0 Å². The van der Waals surface area contributed by atoms with E-state index in [-0.39, 0.29) is 0 Å². The van der Waals surface area contributed by atoms with Gasteiger partial charge in [-0.2, -0.15) is 0 Å². The van der Waals surface area contributed by atoms with Crippen LogP contribution in [0.1, 0.15) is 5.01 Å². The van der Waals surface area contributed by atoms with E-state index in [1.807, 2.05) is 18.4 Å². The highest BCUT2D eigenvalue weighted by Gasteiger charge is 2.18. The van der Waals surface area contributed by atoms with Crippen molar-refractivity contribution in [2.45, 2.75) is 11.1 Å².